The molecule has 130 valence electrons. The van der Waals surface area contributed by atoms with E-state index < -0.39 is 0 Å². The lowest BCUT2D eigenvalue weighted by molar-refractivity contribution is -0.139. The Balaban J connectivity index is 1.43. The van der Waals surface area contributed by atoms with Gasteiger partial charge in [0.25, 0.3) is 0 Å². The highest BCUT2D eigenvalue weighted by molar-refractivity contribution is 5.85. The first-order valence-corrected chi connectivity index (χ1v) is 9.05. The number of pyridine rings is 2. The summed E-state index contributed by atoms with van der Waals surface area (Å²) in [6.07, 6.45) is 10.4. The normalized spacial score (nSPS) is 24.2. The molecule has 2 aliphatic rings. The SMILES string of the molecule is O=C1N(Cc2ccncc2)CC[C@@]12CCCN(Cc1cccnc1)C2. The van der Waals surface area contributed by atoms with Gasteiger partial charge in [-0.15, -0.1) is 0 Å². The number of likely N-dealkylation sites (tertiary alicyclic amines) is 2. The van der Waals surface area contributed by atoms with Crippen LogP contribution in [0.2, 0.25) is 0 Å². The van der Waals surface area contributed by atoms with Gasteiger partial charge in [0.05, 0.1) is 5.41 Å². The number of amides is 1. The summed E-state index contributed by atoms with van der Waals surface area (Å²) in [6, 6.07) is 8.08. The Kier molecular flexibility index (Phi) is 4.49. The fourth-order valence-corrected chi connectivity index (χ4v) is 4.24. The van der Waals surface area contributed by atoms with E-state index in [-0.39, 0.29) is 5.41 Å². The highest BCUT2D eigenvalue weighted by Gasteiger charge is 2.48. The van der Waals surface area contributed by atoms with Crippen molar-refractivity contribution in [1.29, 1.82) is 0 Å². The third-order valence-corrected chi connectivity index (χ3v) is 5.51. The van der Waals surface area contributed by atoms with E-state index in [2.05, 4.69) is 20.9 Å². The Bertz CT molecular complexity index is 721. The number of rotatable bonds is 4. The second kappa shape index (κ2) is 6.92. The molecule has 4 heterocycles. The lowest BCUT2D eigenvalue weighted by atomic mass is 9.78. The van der Waals surface area contributed by atoms with E-state index in [9.17, 15) is 4.79 Å². The predicted octanol–water partition coefficient (Wildman–Crippen LogP) is 2.49. The second-order valence-electron chi connectivity index (χ2n) is 7.29. The van der Waals surface area contributed by atoms with Gasteiger partial charge in [-0.2, -0.15) is 0 Å². The molecule has 0 aliphatic carbocycles. The highest BCUT2D eigenvalue weighted by Crippen LogP contribution is 2.40. The molecule has 1 atom stereocenters. The van der Waals surface area contributed by atoms with E-state index in [0.29, 0.717) is 12.5 Å². The van der Waals surface area contributed by atoms with Gasteiger partial charge in [-0.1, -0.05) is 6.07 Å². The van der Waals surface area contributed by atoms with Crippen LogP contribution >= 0.6 is 0 Å². The molecule has 25 heavy (non-hydrogen) atoms. The highest BCUT2D eigenvalue weighted by atomic mass is 16.2. The molecule has 1 amide bonds. The summed E-state index contributed by atoms with van der Waals surface area (Å²) in [5.41, 5.74) is 2.19. The monoisotopic (exact) mass is 336 g/mol. The first kappa shape index (κ1) is 16.2. The van der Waals surface area contributed by atoms with Crippen molar-refractivity contribution < 1.29 is 4.79 Å². The average Bonchev–Trinajstić information content (AvgIpc) is 2.93. The number of piperidine rings is 1. The summed E-state index contributed by atoms with van der Waals surface area (Å²) in [5, 5.41) is 0. The minimum absolute atomic E-state index is 0.187. The molecule has 1 spiro atoms. The molecule has 0 saturated carbocycles. The van der Waals surface area contributed by atoms with Gasteiger partial charge >= 0.3 is 0 Å². The number of carbonyl (C=O) groups excluding carboxylic acids is 1. The van der Waals surface area contributed by atoms with Gasteiger partial charge in [-0.3, -0.25) is 19.7 Å². The lowest BCUT2D eigenvalue weighted by Gasteiger charge is -2.39. The zero-order valence-electron chi connectivity index (χ0n) is 14.5. The van der Waals surface area contributed by atoms with Crippen LogP contribution in [0.15, 0.2) is 49.1 Å². The van der Waals surface area contributed by atoms with Crippen molar-refractivity contribution in [2.24, 2.45) is 5.41 Å². The molecule has 2 aliphatic heterocycles. The molecule has 0 unspecified atom stereocenters. The molecule has 0 N–H and O–H groups in total. The third-order valence-electron chi connectivity index (χ3n) is 5.51. The molecular formula is C20H24N4O. The quantitative estimate of drug-likeness (QED) is 0.861. The van der Waals surface area contributed by atoms with Crippen molar-refractivity contribution in [3.63, 3.8) is 0 Å². The van der Waals surface area contributed by atoms with Gasteiger partial charge in [-0.25, -0.2) is 0 Å². The Morgan fingerprint density at radius 2 is 1.84 bits per heavy atom. The van der Waals surface area contributed by atoms with E-state index in [1.54, 1.807) is 18.6 Å². The largest absolute Gasteiger partial charge is 0.338 e. The van der Waals surface area contributed by atoms with Crippen molar-refractivity contribution in [2.45, 2.75) is 32.4 Å². The molecular weight excluding hydrogens is 312 g/mol. The molecule has 2 aromatic heterocycles. The van der Waals surface area contributed by atoms with E-state index in [1.807, 2.05) is 29.3 Å². The van der Waals surface area contributed by atoms with Crippen molar-refractivity contribution in [1.82, 2.24) is 19.8 Å². The van der Waals surface area contributed by atoms with E-state index in [4.69, 9.17) is 0 Å². The Hall–Kier alpha value is -2.27. The standard InChI is InChI=1S/C20H24N4O/c25-19-20(7-12-24(19)15-17-4-9-21-10-5-17)6-2-11-23(16-20)14-18-3-1-8-22-13-18/h1,3-5,8-10,13H,2,6-7,11-12,14-16H2/t20-/m1/s1. The van der Waals surface area contributed by atoms with E-state index >= 15 is 0 Å². The van der Waals surface area contributed by atoms with Gasteiger partial charge in [-0.05, 0) is 55.1 Å². The summed E-state index contributed by atoms with van der Waals surface area (Å²) in [4.78, 5) is 25.9. The molecule has 2 aromatic rings. The van der Waals surface area contributed by atoms with Crippen LogP contribution in [0.4, 0.5) is 0 Å². The van der Waals surface area contributed by atoms with Gasteiger partial charge in [0.1, 0.15) is 0 Å². The predicted molar refractivity (Wildman–Crippen MR) is 95.5 cm³/mol. The molecule has 2 fully saturated rings. The average molecular weight is 336 g/mol. The minimum atomic E-state index is -0.187. The van der Waals surface area contributed by atoms with E-state index in [0.717, 1.165) is 51.0 Å². The maximum atomic E-state index is 13.2. The van der Waals surface area contributed by atoms with Gasteiger partial charge < -0.3 is 4.90 Å². The molecule has 2 saturated heterocycles. The van der Waals surface area contributed by atoms with E-state index in [1.165, 1.54) is 5.56 Å². The maximum Gasteiger partial charge on any atom is 0.230 e. The van der Waals surface area contributed by atoms with Crippen molar-refractivity contribution in [3.8, 4) is 0 Å². The first-order valence-electron chi connectivity index (χ1n) is 9.05. The molecule has 0 aromatic carbocycles. The number of aromatic nitrogens is 2. The maximum absolute atomic E-state index is 13.2. The van der Waals surface area contributed by atoms with Crippen molar-refractivity contribution >= 4 is 5.91 Å². The van der Waals surface area contributed by atoms with Crippen LogP contribution in [0.3, 0.4) is 0 Å². The summed E-state index contributed by atoms with van der Waals surface area (Å²) >= 11 is 0. The number of hydrogen-bond acceptors (Lipinski definition) is 4. The Labute approximate surface area is 148 Å². The summed E-state index contributed by atoms with van der Waals surface area (Å²) in [7, 11) is 0. The van der Waals surface area contributed by atoms with Crippen LogP contribution in [-0.2, 0) is 17.9 Å². The molecule has 5 nitrogen and oxygen atoms in total. The lowest BCUT2D eigenvalue weighted by Crippen LogP contribution is -2.47. The minimum Gasteiger partial charge on any atom is -0.338 e. The Morgan fingerprint density at radius 3 is 2.64 bits per heavy atom. The van der Waals surface area contributed by atoms with Crippen LogP contribution < -0.4 is 0 Å². The molecule has 4 rings (SSSR count). The van der Waals surface area contributed by atoms with Gasteiger partial charge in [0.15, 0.2) is 0 Å². The number of nitrogens with zero attached hydrogens (tertiary/aromatic N) is 4. The Morgan fingerprint density at radius 1 is 0.960 bits per heavy atom. The van der Waals surface area contributed by atoms with Crippen LogP contribution in [0.25, 0.3) is 0 Å². The van der Waals surface area contributed by atoms with Crippen LogP contribution in [0, 0.1) is 5.41 Å². The zero-order valence-corrected chi connectivity index (χ0v) is 14.5. The molecule has 0 radical (unpaired) electrons. The smallest absolute Gasteiger partial charge is 0.230 e. The summed E-state index contributed by atoms with van der Waals surface area (Å²) in [5.74, 6) is 0.334. The summed E-state index contributed by atoms with van der Waals surface area (Å²) in [6.45, 7) is 4.38. The second-order valence-corrected chi connectivity index (χ2v) is 7.29. The van der Waals surface area contributed by atoms with Crippen LogP contribution in [-0.4, -0.2) is 45.3 Å². The fraction of sp³-hybridized carbons (Fsp3) is 0.450. The molecule has 5 heteroatoms. The first-order chi connectivity index (χ1) is 12.3. The fourth-order valence-electron chi connectivity index (χ4n) is 4.24. The van der Waals surface area contributed by atoms with Crippen molar-refractivity contribution in [3.05, 3.63) is 60.2 Å². The van der Waals surface area contributed by atoms with Crippen LogP contribution in [0.5, 0.6) is 0 Å². The zero-order chi connectivity index (χ0) is 17.1. The summed E-state index contributed by atoms with van der Waals surface area (Å²) < 4.78 is 0. The van der Waals surface area contributed by atoms with Crippen molar-refractivity contribution in [2.75, 3.05) is 19.6 Å². The molecule has 0 bridgehead atoms. The van der Waals surface area contributed by atoms with Gasteiger partial charge in [0, 0.05) is 51.0 Å². The van der Waals surface area contributed by atoms with Crippen LogP contribution in [0.1, 0.15) is 30.4 Å². The number of hydrogen-bond donors (Lipinski definition) is 0. The number of carbonyl (C=O) groups is 1. The third kappa shape index (κ3) is 3.42. The van der Waals surface area contributed by atoms with Gasteiger partial charge in [0.2, 0.25) is 5.91 Å². The topological polar surface area (TPSA) is 49.3 Å².